The Bertz CT molecular complexity index is 469. The van der Waals surface area contributed by atoms with E-state index in [9.17, 15) is 0 Å². The minimum atomic E-state index is 0.624. The molecule has 1 heteroatoms. The van der Waals surface area contributed by atoms with Crippen LogP contribution in [0.25, 0.3) is 0 Å². The molecular weight excluding hydrogens is 308 g/mol. The normalized spacial score (nSPS) is 40.0. The summed E-state index contributed by atoms with van der Waals surface area (Å²) >= 11 is 4.13. The number of alkyl halides is 1. The van der Waals surface area contributed by atoms with Gasteiger partial charge in [-0.2, -0.15) is 0 Å². The van der Waals surface area contributed by atoms with E-state index in [1.54, 1.807) is 19.3 Å². The van der Waals surface area contributed by atoms with Crippen molar-refractivity contribution >= 4 is 15.9 Å². The van der Waals surface area contributed by atoms with Gasteiger partial charge in [-0.1, -0.05) is 45.8 Å². The standard InChI is InChI=1S/C19H25Br/c1-13-3-2-4-14(5-13)9-18(20)19-10-15-6-16(11-19)8-17(7-15)12-19/h2-5,15-18H,6-12H2,1H3. The molecule has 0 aliphatic heterocycles. The van der Waals surface area contributed by atoms with Crippen molar-refractivity contribution in [2.75, 3.05) is 0 Å². The van der Waals surface area contributed by atoms with Crippen molar-refractivity contribution in [1.82, 2.24) is 0 Å². The van der Waals surface area contributed by atoms with Crippen molar-refractivity contribution in [2.45, 2.75) is 56.7 Å². The van der Waals surface area contributed by atoms with Crippen LogP contribution in [0.15, 0.2) is 24.3 Å². The van der Waals surface area contributed by atoms with Gasteiger partial charge >= 0.3 is 0 Å². The molecule has 1 atom stereocenters. The minimum absolute atomic E-state index is 0.624. The number of rotatable bonds is 3. The van der Waals surface area contributed by atoms with Gasteiger partial charge in [0.05, 0.1) is 0 Å². The van der Waals surface area contributed by atoms with Crippen LogP contribution in [0.5, 0.6) is 0 Å². The van der Waals surface area contributed by atoms with Gasteiger partial charge in [0.1, 0.15) is 0 Å². The van der Waals surface area contributed by atoms with Gasteiger partial charge in [0.25, 0.3) is 0 Å². The van der Waals surface area contributed by atoms with Crippen LogP contribution in [0.3, 0.4) is 0 Å². The molecule has 0 N–H and O–H groups in total. The van der Waals surface area contributed by atoms with E-state index in [4.69, 9.17) is 0 Å². The fourth-order valence-electron chi connectivity index (χ4n) is 5.82. The smallest absolute Gasteiger partial charge is 0.0242 e. The number of halogens is 1. The van der Waals surface area contributed by atoms with Crippen LogP contribution in [0.1, 0.15) is 49.7 Å². The molecular formula is C19H25Br. The Balaban J connectivity index is 1.54. The molecule has 0 amide bonds. The van der Waals surface area contributed by atoms with Crippen molar-refractivity contribution in [3.63, 3.8) is 0 Å². The fourth-order valence-corrected chi connectivity index (χ4v) is 6.76. The molecule has 4 aliphatic carbocycles. The zero-order chi connectivity index (χ0) is 13.7. The molecule has 0 saturated heterocycles. The minimum Gasteiger partial charge on any atom is -0.0881 e. The van der Waals surface area contributed by atoms with Crippen LogP contribution < -0.4 is 0 Å². The van der Waals surface area contributed by atoms with E-state index >= 15 is 0 Å². The summed E-state index contributed by atoms with van der Waals surface area (Å²) < 4.78 is 0. The maximum Gasteiger partial charge on any atom is 0.0242 e. The second-order valence-electron chi connectivity index (χ2n) is 7.94. The first-order valence-corrected chi connectivity index (χ1v) is 9.24. The first kappa shape index (κ1) is 13.4. The van der Waals surface area contributed by atoms with Crippen LogP contribution in [0.4, 0.5) is 0 Å². The molecule has 4 bridgehead atoms. The maximum absolute atomic E-state index is 4.13. The topological polar surface area (TPSA) is 0 Å². The quantitative estimate of drug-likeness (QED) is 0.639. The van der Waals surface area contributed by atoms with Crippen molar-refractivity contribution in [2.24, 2.45) is 23.2 Å². The van der Waals surface area contributed by atoms with Gasteiger partial charge in [-0.05, 0) is 80.6 Å². The first-order valence-electron chi connectivity index (χ1n) is 8.32. The van der Waals surface area contributed by atoms with Crippen molar-refractivity contribution in [3.05, 3.63) is 35.4 Å². The van der Waals surface area contributed by atoms with Gasteiger partial charge < -0.3 is 0 Å². The molecule has 1 aromatic carbocycles. The predicted molar refractivity (Wildman–Crippen MR) is 88.2 cm³/mol. The summed E-state index contributed by atoms with van der Waals surface area (Å²) in [5, 5.41) is 0. The molecule has 0 heterocycles. The van der Waals surface area contributed by atoms with E-state index in [0.29, 0.717) is 10.2 Å². The average Bonchev–Trinajstić information content (AvgIpc) is 2.37. The fraction of sp³-hybridized carbons (Fsp3) is 0.684. The SMILES string of the molecule is Cc1cccc(CC(Br)C23CC4CC(CC(C4)C2)C3)c1. The van der Waals surface area contributed by atoms with Crippen molar-refractivity contribution in [1.29, 1.82) is 0 Å². The van der Waals surface area contributed by atoms with Gasteiger partial charge in [-0.15, -0.1) is 0 Å². The highest BCUT2D eigenvalue weighted by molar-refractivity contribution is 9.09. The van der Waals surface area contributed by atoms with Gasteiger partial charge in [-0.3, -0.25) is 0 Å². The molecule has 0 spiro atoms. The number of hydrogen-bond acceptors (Lipinski definition) is 0. The zero-order valence-corrected chi connectivity index (χ0v) is 14.0. The monoisotopic (exact) mass is 332 g/mol. The van der Waals surface area contributed by atoms with Gasteiger partial charge in [0, 0.05) is 4.83 Å². The Hall–Kier alpha value is -0.300. The van der Waals surface area contributed by atoms with Gasteiger partial charge in [0.2, 0.25) is 0 Å². The molecule has 4 aliphatic rings. The highest BCUT2D eigenvalue weighted by atomic mass is 79.9. The zero-order valence-electron chi connectivity index (χ0n) is 12.4. The predicted octanol–water partition coefficient (Wildman–Crippen LogP) is 5.52. The van der Waals surface area contributed by atoms with Gasteiger partial charge in [-0.25, -0.2) is 0 Å². The van der Waals surface area contributed by atoms with E-state index in [1.165, 1.54) is 36.8 Å². The summed E-state index contributed by atoms with van der Waals surface area (Å²) in [4.78, 5) is 0.685. The van der Waals surface area contributed by atoms with Crippen molar-refractivity contribution < 1.29 is 0 Å². The van der Waals surface area contributed by atoms with Crippen LogP contribution in [0, 0.1) is 30.1 Å². The molecule has 1 unspecified atom stereocenters. The van der Waals surface area contributed by atoms with E-state index in [-0.39, 0.29) is 0 Å². The van der Waals surface area contributed by atoms with Crippen LogP contribution >= 0.6 is 15.9 Å². The van der Waals surface area contributed by atoms with E-state index in [0.717, 1.165) is 17.8 Å². The molecule has 0 radical (unpaired) electrons. The third kappa shape index (κ3) is 2.26. The third-order valence-corrected chi connectivity index (χ3v) is 7.54. The molecule has 0 aromatic heterocycles. The Labute approximate surface area is 131 Å². The lowest BCUT2D eigenvalue weighted by Gasteiger charge is -2.58. The van der Waals surface area contributed by atoms with E-state index < -0.39 is 0 Å². The molecule has 4 saturated carbocycles. The average molecular weight is 333 g/mol. The maximum atomic E-state index is 4.13. The molecule has 5 rings (SSSR count). The highest BCUT2D eigenvalue weighted by Gasteiger charge is 2.53. The van der Waals surface area contributed by atoms with Crippen LogP contribution in [-0.4, -0.2) is 4.83 Å². The number of benzene rings is 1. The Kier molecular flexibility index (Phi) is 3.25. The van der Waals surface area contributed by atoms with Crippen molar-refractivity contribution in [3.8, 4) is 0 Å². The molecule has 20 heavy (non-hydrogen) atoms. The number of hydrogen-bond donors (Lipinski definition) is 0. The third-order valence-electron chi connectivity index (χ3n) is 6.25. The summed E-state index contributed by atoms with van der Waals surface area (Å²) in [6.07, 6.45) is 10.4. The summed E-state index contributed by atoms with van der Waals surface area (Å²) in [5.74, 6) is 3.16. The highest BCUT2D eigenvalue weighted by Crippen LogP contribution is 2.62. The lowest BCUT2D eigenvalue weighted by Crippen LogP contribution is -2.50. The first-order chi connectivity index (χ1) is 9.63. The summed E-state index contributed by atoms with van der Waals surface area (Å²) in [6, 6.07) is 9.10. The van der Waals surface area contributed by atoms with Crippen LogP contribution in [-0.2, 0) is 6.42 Å². The lowest BCUT2D eigenvalue weighted by atomic mass is 9.48. The molecule has 108 valence electrons. The Morgan fingerprint density at radius 2 is 1.70 bits per heavy atom. The summed E-state index contributed by atoms with van der Waals surface area (Å²) in [7, 11) is 0. The van der Waals surface area contributed by atoms with E-state index in [1.807, 2.05) is 0 Å². The summed E-state index contributed by atoms with van der Waals surface area (Å²) in [6.45, 7) is 2.21. The van der Waals surface area contributed by atoms with E-state index in [2.05, 4.69) is 47.1 Å². The second kappa shape index (κ2) is 4.87. The Morgan fingerprint density at radius 1 is 1.10 bits per heavy atom. The summed E-state index contributed by atoms with van der Waals surface area (Å²) in [5.41, 5.74) is 3.54. The lowest BCUT2D eigenvalue weighted by molar-refractivity contribution is -0.0522. The van der Waals surface area contributed by atoms with Crippen LogP contribution in [0.2, 0.25) is 0 Å². The molecule has 1 aromatic rings. The Morgan fingerprint density at radius 3 is 2.25 bits per heavy atom. The molecule has 0 nitrogen and oxygen atoms in total. The second-order valence-corrected chi connectivity index (χ2v) is 9.05. The largest absolute Gasteiger partial charge is 0.0881 e. The molecule has 4 fully saturated rings. The number of aryl methyl sites for hydroxylation is 1. The van der Waals surface area contributed by atoms with Gasteiger partial charge in [0.15, 0.2) is 0 Å².